The summed E-state index contributed by atoms with van der Waals surface area (Å²) in [6, 6.07) is 1.88. The van der Waals surface area contributed by atoms with Gasteiger partial charge < -0.3 is 14.3 Å². The molecular formula is C16H20N4O2S. The number of thiazole rings is 1. The van der Waals surface area contributed by atoms with E-state index in [1.54, 1.807) is 17.6 Å². The van der Waals surface area contributed by atoms with E-state index in [-0.39, 0.29) is 11.8 Å². The van der Waals surface area contributed by atoms with E-state index in [0.29, 0.717) is 12.2 Å². The predicted octanol–water partition coefficient (Wildman–Crippen LogP) is 2.75. The predicted molar refractivity (Wildman–Crippen MR) is 87.9 cm³/mol. The van der Waals surface area contributed by atoms with Crippen LogP contribution in [0.25, 0.3) is 0 Å². The maximum atomic E-state index is 12.7. The summed E-state index contributed by atoms with van der Waals surface area (Å²) < 4.78 is 4.91. The molecule has 1 amide bonds. The molecule has 0 bridgehead atoms. The van der Waals surface area contributed by atoms with Crippen LogP contribution in [-0.2, 0) is 0 Å². The summed E-state index contributed by atoms with van der Waals surface area (Å²) in [6.45, 7) is 3.56. The van der Waals surface area contributed by atoms with Crippen molar-refractivity contribution in [3.8, 4) is 0 Å². The summed E-state index contributed by atoms with van der Waals surface area (Å²) in [4.78, 5) is 21.4. The molecule has 6 nitrogen and oxygen atoms in total. The van der Waals surface area contributed by atoms with Crippen LogP contribution in [-0.4, -0.2) is 47.1 Å². The summed E-state index contributed by atoms with van der Waals surface area (Å²) in [5.74, 6) is 0.313. The number of amides is 1. The standard InChI is InChI=1S/C16H20N4O2S/c21-15(20-8-4-12(10-20)13-5-9-22-18-13)14-11-23-16(17-14)19-6-2-1-3-7-19/h5,9,11-12H,1-4,6-8,10H2. The smallest absolute Gasteiger partial charge is 0.273 e. The van der Waals surface area contributed by atoms with Crippen LogP contribution in [0.15, 0.2) is 22.2 Å². The topological polar surface area (TPSA) is 62.5 Å². The Morgan fingerprint density at radius 3 is 2.91 bits per heavy atom. The highest BCUT2D eigenvalue weighted by Crippen LogP contribution is 2.29. The maximum Gasteiger partial charge on any atom is 0.273 e. The van der Waals surface area contributed by atoms with Crippen LogP contribution in [0.3, 0.4) is 0 Å². The van der Waals surface area contributed by atoms with Crippen molar-refractivity contribution in [1.82, 2.24) is 15.0 Å². The molecule has 2 aliphatic heterocycles. The van der Waals surface area contributed by atoms with Gasteiger partial charge in [-0.05, 0) is 25.7 Å². The highest BCUT2D eigenvalue weighted by atomic mass is 32.1. The van der Waals surface area contributed by atoms with Gasteiger partial charge in [0.05, 0.1) is 5.69 Å². The Morgan fingerprint density at radius 2 is 2.13 bits per heavy atom. The molecule has 23 heavy (non-hydrogen) atoms. The Hall–Kier alpha value is -1.89. The maximum absolute atomic E-state index is 12.7. The van der Waals surface area contributed by atoms with E-state index in [4.69, 9.17) is 4.52 Å². The van der Waals surface area contributed by atoms with Crippen LogP contribution in [0.5, 0.6) is 0 Å². The van der Waals surface area contributed by atoms with Crippen molar-refractivity contribution in [3.63, 3.8) is 0 Å². The average molecular weight is 332 g/mol. The van der Waals surface area contributed by atoms with Crippen molar-refractivity contribution in [2.75, 3.05) is 31.1 Å². The number of hydrogen-bond acceptors (Lipinski definition) is 6. The third-order valence-corrected chi connectivity index (χ3v) is 5.59. The molecule has 2 aromatic heterocycles. The number of hydrogen-bond donors (Lipinski definition) is 0. The SMILES string of the molecule is O=C(c1csc(N2CCCCC2)n1)N1CCC(c2ccon2)C1. The molecule has 2 aromatic rings. The molecule has 122 valence electrons. The Kier molecular flexibility index (Phi) is 4.03. The second kappa shape index (κ2) is 6.31. The van der Waals surface area contributed by atoms with Gasteiger partial charge in [0.2, 0.25) is 0 Å². The Morgan fingerprint density at radius 1 is 1.26 bits per heavy atom. The minimum atomic E-state index is 0.0375. The lowest BCUT2D eigenvalue weighted by Crippen LogP contribution is -2.30. The Labute approximate surface area is 139 Å². The van der Waals surface area contributed by atoms with Gasteiger partial charge in [0.1, 0.15) is 12.0 Å². The number of likely N-dealkylation sites (tertiary alicyclic amines) is 1. The molecule has 0 aliphatic carbocycles. The number of carbonyl (C=O) groups is 1. The van der Waals surface area contributed by atoms with Gasteiger partial charge >= 0.3 is 0 Å². The minimum absolute atomic E-state index is 0.0375. The van der Waals surface area contributed by atoms with Crippen LogP contribution in [0.2, 0.25) is 0 Å². The molecule has 2 aliphatic rings. The molecule has 0 N–H and O–H groups in total. The molecule has 0 radical (unpaired) electrons. The lowest BCUT2D eigenvalue weighted by atomic mass is 10.1. The minimum Gasteiger partial charge on any atom is -0.365 e. The van der Waals surface area contributed by atoms with Crippen molar-refractivity contribution in [2.24, 2.45) is 0 Å². The monoisotopic (exact) mass is 332 g/mol. The molecule has 2 saturated heterocycles. The van der Waals surface area contributed by atoms with Crippen LogP contribution in [0.4, 0.5) is 5.13 Å². The molecule has 7 heteroatoms. The largest absolute Gasteiger partial charge is 0.365 e. The summed E-state index contributed by atoms with van der Waals surface area (Å²) in [6.07, 6.45) is 6.25. The fourth-order valence-corrected chi connectivity index (χ4v) is 4.23. The lowest BCUT2D eigenvalue weighted by molar-refractivity contribution is 0.0785. The van der Waals surface area contributed by atoms with E-state index in [1.165, 1.54) is 19.3 Å². The van der Waals surface area contributed by atoms with Gasteiger partial charge in [-0.3, -0.25) is 4.79 Å². The number of anilines is 1. The van der Waals surface area contributed by atoms with E-state index in [9.17, 15) is 4.79 Å². The zero-order chi connectivity index (χ0) is 15.6. The molecule has 0 spiro atoms. The molecule has 4 heterocycles. The zero-order valence-corrected chi connectivity index (χ0v) is 13.8. The molecule has 1 unspecified atom stereocenters. The van der Waals surface area contributed by atoms with Gasteiger partial charge in [-0.1, -0.05) is 5.16 Å². The molecule has 1 atom stereocenters. The van der Waals surface area contributed by atoms with E-state index in [1.807, 2.05) is 16.3 Å². The van der Waals surface area contributed by atoms with Gasteiger partial charge in [-0.25, -0.2) is 4.98 Å². The molecule has 0 aromatic carbocycles. The van der Waals surface area contributed by atoms with Crippen LogP contribution < -0.4 is 4.90 Å². The van der Waals surface area contributed by atoms with Crippen LogP contribution >= 0.6 is 11.3 Å². The first-order valence-corrected chi connectivity index (χ1v) is 9.09. The van der Waals surface area contributed by atoms with Crippen molar-refractivity contribution in [1.29, 1.82) is 0 Å². The van der Waals surface area contributed by atoms with Gasteiger partial charge in [-0.15, -0.1) is 11.3 Å². The highest BCUT2D eigenvalue weighted by molar-refractivity contribution is 7.13. The van der Waals surface area contributed by atoms with E-state index in [0.717, 1.165) is 36.9 Å². The summed E-state index contributed by atoms with van der Waals surface area (Å²) in [7, 11) is 0. The molecular weight excluding hydrogens is 312 g/mol. The van der Waals surface area contributed by atoms with Crippen LogP contribution in [0, 0.1) is 0 Å². The van der Waals surface area contributed by atoms with Gasteiger partial charge in [-0.2, -0.15) is 0 Å². The lowest BCUT2D eigenvalue weighted by Gasteiger charge is -2.25. The first-order valence-electron chi connectivity index (χ1n) is 8.21. The fourth-order valence-electron chi connectivity index (χ4n) is 3.37. The second-order valence-corrected chi connectivity index (χ2v) is 7.06. The third kappa shape index (κ3) is 2.97. The molecule has 2 fully saturated rings. The number of carbonyl (C=O) groups excluding carboxylic acids is 1. The number of aromatic nitrogens is 2. The third-order valence-electron chi connectivity index (χ3n) is 4.69. The van der Waals surface area contributed by atoms with Crippen LogP contribution in [0.1, 0.15) is 47.8 Å². The van der Waals surface area contributed by atoms with Crippen molar-refractivity contribution >= 4 is 22.4 Å². The quantitative estimate of drug-likeness (QED) is 0.865. The summed E-state index contributed by atoms with van der Waals surface area (Å²) in [5, 5.41) is 6.88. The average Bonchev–Trinajstić information content (AvgIpc) is 3.35. The number of rotatable bonds is 3. The van der Waals surface area contributed by atoms with E-state index >= 15 is 0 Å². The van der Waals surface area contributed by atoms with Gasteiger partial charge in [0.15, 0.2) is 5.13 Å². The Bertz CT molecular complexity index is 663. The Balaban J connectivity index is 1.42. The summed E-state index contributed by atoms with van der Waals surface area (Å²) in [5.41, 5.74) is 1.52. The van der Waals surface area contributed by atoms with Crippen molar-refractivity contribution in [3.05, 3.63) is 29.1 Å². The van der Waals surface area contributed by atoms with Gasteiger partial charge in [0, 0.05) is 43.5 Å². The fraction of sp³-hybridized carbons (Fsp3) is 0.562. The second-order valence-electron chi connectivity index (χ2n) is 6.22. The summed E-state index contributed by atoms with van der Waals surface area (Å²) >= 11 is 1.58. The number of piperidine rings is 1. The molecule has 4 rings (SSSR count). The van der Waals surface area contributed by atoms with E-state index in [2.05, 4.69) is 15.0 Å². The van der Waals surface area contributed by atoms with Crippen molar-refractivity contribution < 1.29 is 9.32 Å². The normalized spacial score (nSPS) is 21.8. The zero-order valence-electron chi connectivity index (χ0n) is 13.0. The van der Waals surface area contributed by atoms with Crippen molar-refractivity contribution in [2.45, 2.75) is 31.6 Å². The van der Waals surface area contributed by atoms with Gasteiger partial charge in [0.25, 0.3) is 5.91 Å². The first-order chi connectivity index (χ1) is 11.3. The highest BCUT2D eigenvalue weighted by Gasteiger charge is 2.30. The molecule has 0 saturated carbocycles. The van der Waals surface area contributed by atoms with E-state index < -0.39 is 0 Å². The number of nitrogens with zero attached hydrogens (tertiary/aromatic N) is 4. The first kappa shape index (κ1) is 14.7.